The monoisotopic (exact) mass is 325 g/mol. The second-order valence-corrected chi connectivity index (χ2v) is 6.12. The topological polar surface area (TPSA) is 42.2 Å². The Kier molecular flexibility index (Phi) is 4.37. The Labute approximate surface area is 120 Å². The number of anilines is 1. The summed E-state index contributed by atoms with van der Waals surface area (Å²) >= 11 is 5.28. The highest BCUT2D eigenvalue weighted by Gasteiger charge is 2.08. The molecule has 0 amide bonds. The number of rotatable bonds is 4. The van der Waals surface area contributed by atoms with Crippen molar-refractivity contribution in [1.29, 1.82) is 0 Å². The van der Waals surface area contributed by atoms with Crippen molar-refractivity contribution in [2.75, 3.05) is 11.9 Å². The second-order valence-electron chi connectivity index (χ2n) is 4.20. The Hall–Kier alpha value is -0.910. The lowest BCUT2D eigenvalue weighted by Crippen LogP contribution is -2.17. The molecule has 0 fully saturated rings. The number of benzene rings is 1. The summed E-state index contributed by atoms with van der Waals surface area (Å²) < 4.78 is 1.07. The minimum Gasteiger partial charge on any atom is -0.368 e. The smallest absolute Gasteiger partial charge is 0.0898 e. The van der Waals surface area contributed by atoms with Crippen LogP contribution >= 0.6 is 27.3 Å². The zero-order valence-corrected chi connectivity index (χ0v) is 12.9. The van der Waals surface area contributed by atoms with Crippen LogP contribution in [0.1, 0.15) is 16.3 Å². The molecule has 96 valence electrons. The van der Waals surface area contributed by atoms with Crippen LogP contribution in [0, 0.1) is 6.92 Å². The van der Waals surface area contributed by atoms with Crippen molar-refractivity contribution in [2.45, 2.75) is 20.0 Å². The zero-order valence-electron chi connectivity index (χ0n) is 10.5. The molecule has 18 heavy (non-hydrogen) atoms. The predicted octanol–water partition coefficient (Wildman–Crippen LogP) is 3.31. The Morgan fingerprint density at radius 2 is 2.22 bits per heavy atom. The van der Waals surface area contributed by atoms with Crippen LogP contribution in [0.3, 0.4) is 0 Å². The van der Waals surface area contributed by atoms with Crippen LogP contribution in [-0.4, -0.2) is 12.0 Å². The third-order valence-electron chi connectivity index (χ3n) is 2.72. The fourth-order valence-electron chi connectivity index (χ4n) is 1.80. The quantitative estimate of drug-likeness (QED) is 0.937. The Bertz CT molecular complexity index is 539. The fourth-order valence-corrected chi connectivity index (χ4v) is 3.13. The van der Waals surface area contributed by atoms with Crippen LogP contribution in [0.4, 0.5) is 5.69 Å². The highest BCUT2D eigenvalue weighted by molar-refractivity contribution is 9.10. The molecule has 1 heterocycles. The van der Waals surface area contributed by atoms with Crippen molar-refractivity contribution in [1.82, 2.24) is 4.98 Å². The molecular formula is C13H16BrN3S. The number of nitrogens with zero attached hydrogens (tertiary/aromatic N) is 2. The van der Waals surface area contributed by atoms with Crippen LogP contribution in [-0.2, 0) is 13.1 Å². The van der Waals surface area contributed by atoms with E-state index in [9.17, 15) is 0 Å². The molecule has 0 radical (unpaired) electrons. The summed E-state index contributed by atoms with van der Waals surface area (Å²) in [7, 11) is 2.07. The van der Waals surface area contributed by atoms with Gasteiger partial charge in [0.2, 0.25) is 0 Å². The van der Waals surface area contributed by atoms with Crippen molar-refractivity contribution < 1.29 is 0 Å². The van der Waals surface area contributed by atoms with Gasteiger partial charge in [0, 0.05) is 23.4 Å². The first-order chi connectivity index (χ1) is 8.60. The number of hydrogen-bond donors (Lipinski definition) is 1. The highest BCUT2D eigenvalue weighted by Crippen LogP contribution is 2.27. The van der Waals surface area contributed by atoms with Gasteiger partial charge in [-0.3, -0.25) is 0 Å². The van der Waals surface area contributed by atoms with Gasteiger partial charge in [0.1, 0.15) is 0 Å². The molecule has 0 saturated carbocycles. The fraction of sp³-hybridized carbons (Fsp3) is 0.308. The van der Waals surface area contributed by atoms with Crippen LogP contribution < -0.4 is 10.6 Å². The van der Waals surface area contributed by atoms with Crippen molar-refractivity contribution in [3.63, 3.8) is 0 Å². The van der Waals surface area contributed by atoms with Gasteiger partial charge in [0.05, 0.1) is 22.9 Å². The van der Waals surface area contributed by atoms with Crippen LogP contribution in [0.25, 0.3) is 0 Å². The van der Waals surface area contributed by atoms with E-state index in [0.29, 0.717) is 6.54 Å². The van der Waals surface area contributed by atoms with Gasteiger partial charge in [-0.1, -0.05) is 6.07 Å². The molecule has 3 nitrogen and oxygen atoms in total. The van der Waals surface area contributed by atoms with E-state index in [1.807, 2.05) is 6.92 Å². The molecule has 1 aromatic heterocycles. The lowest BCUT2D eigenvalue weighted by Gasteiger charge is -2.20. The van der Waals surface area contributed by atoms with Gasteiger partial charge in [0.15, 0.2) is 0 Å². The molecule has 0 aliphatic carbocycles. The van der Waals surface area contributed by atoms with Crippen molar-refractivity contribution in [3.8, 4) is 0 Å². The molecule has 0 atom stereocenters. The molecule has 0 saturated heterocycles. The molecule has 2 N–H and O–H groups in total. The van der Waals surface area contributed by atoms with Crippen molar-refractivity contribution in [2.24, 2.45) is 5.73 Å². The number of halogens is 1. The van der Waals surface area contributed by atoms with Gasteiger partial charge >= 0.3 is 0 Å². The maximum Gasteiger partial charge on any atom is 0.0898 e. The van der Waals surface area contributed by atoms with E-state index in [2.05, 4.69) is 56.4 Å². The van der Waals surface area contributed by atoms with Gasteiger partial charge in [-0.25, -0.2) is 4.98 Å². The Balaban J connectivity index is 2.15. The average Bonchev–Trinajstić information content (AvgIpc) is 2.74. The van der Waals surface area contributed by atoms with E-state index in [0.717, 1.165) is 33.0 Å². The molecule has 0 aliphatic rings. The first-order valence-corrected chi connectivity index (χ1v) is 7.38. The SMILES string of the molecule is Cc1nc(CN(C)c2ccc(CN)cc2Br)cs1. The second kappa shape index (κ2) is 5.82. The number of thiazole rings is 1. The number of nitrogens with two attached hydrogens (primary N) is 1. The number of hydrogen-bond acceptors (Lipinski definition) is 4. The summed E-state index contributed by atoms with van der Waals surface area (Å²) in [5.74, 6) is 0. The molecule has 0 bridgehead atoms. The first kappa shape index (κ1) is 13.5. The molecular weight excluding hydrogens is 310 g/mol. The molecule has 5 heteroatoms. The summed E-state index contributed by atoms with van der Waals surface area (Å²) in [5, 5.41) is 3.21. The van der Waals surface area contributed by atoms with Crippen molar-refractivity contribution in [3.05, 3.63) is 44.3 Å². The summed E-state index contributed by atoms with van der Waals surface area (Å²) in [6.45, 7) is 3.40. The Morgan fingerprint density at radius 1 is 1.44 bits per heavy atom. The van der Waals surface area contributed by atoms with E-state index in [1.165, 1.54) is 0 Å². The van der Waals surface area contributed by atoms with Gasteiger partial charge in [-0.05, 0) is 40.5 Å². The zero-order chi connectivity index (χ0) is 13.1. The van der Waals surface area contributed by atoms with Gasteiger partial charge < -0.3 is 10.6 Å². The van der Waals surface area contributed by atoms with Crippen molar-refractivity contribution >= 4 is 33.0 Å². The lowest BCUT2D eigenvalue weighted by molar-refractivity contribution is 0.886. The summed E-state index contributed by atoms with van der Waals surface area (Å²) in [6.07, 6.45) is 0. The predicted molar refractivity (Wildman–Crippen MR) is 81.0 cm³/mol. The standard InChI is InChI=1S/C13H16BrN3S/c1-9-16-11(8-18-9)7-17(2)13-4-3-10(6-15)5-12(13)14/h3-5,8H,6-7,15H2,1-2H3. The molecule has 0 aliphatic heterocycles. The molecule has 0 spiro atoms. The number of aromatic nitrogens is 1. The van der Waals surface area contributed by atoms with Crippen LogP contribution in [0.15, 0.2) is 28.1 Å². The number of aryl methyl sites for hydroxylation is 1. The normalized spacial score (nSPS) is 10.7. The maximum atomic E-state index is 5.63. The molecule has 0 unspecified atom stereocenters. The van der Waals surface area contributed by atoms with Gasteiger partial charge in [-0.15, -0.1) is 11.3 Å². The maximum absolute atomic E-state index is 5.63. The van der Waals surface area contributed by atoms with E-state index >= 15 is 0 Å². The third kappa shape index (κ3) is 3.10. The van der Waals surface area contributed by atoms with Gasteiger partial charge in [-0.2, -0.15) is 0 Å². The average molecular weight is 326 g/mol. The van der Waals surface area contributed by atoms with E-state index < -0.39 is 0 Å². The summed E-state index contributed by atoms with van der Waals surface area (Å²) in [6, 6.07) is 6.21. The van der Waals surface area contributed by atoms with Crippen LogP contribution in [0.2, 0.25) is 0 Å². The van der Waals surface area contributed by atoms with Crippen LogP contribution in [0.5, 0.6) is 0 Å². The van der Waals surface area contributed by atoms with E-state index in [4.69, 9.17) is 5.73 Å². The minimum atomic E-state index is 0.563. The summed E-state index contributed by atoms with van der Waals surface area (Å²) in [4.78, 5) is 6.66. The van der Waals surface area contributed by atoms with E-state index in [-0.39, 0.29) is 0 Å². The highest BCUT2D eigenvalue weighted by atomic mass is 79.9. The molecule has 2 rings (SSSR count). The van der Waals surface area contributed by atoms with E-state index in [1.54, 1.807) is 11.3 Å². The first-order valence-electron chi connectivity index (χ1n) is 5.71. The third-order valence-corrected chi connectivity index (χ3v) is 4.18. The largest absolute Gasteiger partial charge is 0.368 e. The molecule has 1 aromatic carbocycles. The molecule has 2 aromatic rings. The summed E-state index contributed by atoms with van der Waals surface area (Å²) in [5.41, 5.74) is 9.01. The minimum absolute atomic E-state index is 0.563. The van der Waals surface area contributed by atoms with Gasteiger partial charge in [0.25, 0.3) is 0 Å². The lowest BCUT2D eigenvalue weighted by atomic mass is 10.2. The Morgan fingerprint density at radius 3 is 2.78 bits per heavy atom.